The Balaban J connectivity index is 2.46. The van der Waals surface area contributed by atoms with Gasteiger partial charge in [-0.15, -0.1) is 0 Å². The molecule has 22 heavy (non-hydrogen) atoms. The van der Waals surface area contributed by atoms with Crippen LogP contribution in [-0.2, 0) is 19.6 Å². The first kappa shape index (κ1) is 17.9. The lowest BCUT2D eigenvalue weighted by Crippen LogP contribution is -2.25. The highest BCUT2D eigenvalue weighted by Crippen LogP contribution is 2.06. The van der Waals surface area contributed by atoms with E-state index in [1.807, 2.05) is 31.2 Å². The quantitative estimate of drug-likeness (QED) is 0.771. The van der Waals surface area contributed by atoms with Crippen molar-refractivity contribution in [3.05, 3.63) is 40.8 Å². The van der Waals surface area contributed by atoms with Crippen LogP contribution in [0.2, 0.25) is 0 Å². The number of hydrogen-bond donors (Lipinski definition) is 1. The predicted octanol–water partition coefficient (Wildman–Crippen LogP) is 1.73. The summed E-state index contributed by atoms with van der Waals surface area (Å²) in [5, 5.41) is 9.53. The highest BCUT2D eigenvalue weighted by molar-refractivity contribution is 7.92. The molecule has 1 rings (SSSR count). The summed E-state index contributed by atoms with van der Waals surface area (Å²) in [5.74, 6) is -0.626. The van der Waals surface area contributed by atoms with Crippen molar-refractivity contribution in [1.82, 2.24) is 4.72 Å². The molecule has 0 aromatic heterocycles. The van der Waals surface area contributed by atoms with E-state index in [2.05, 4.69) is 4.72 Å². The van der Waals surface area contributed by atoms with Gasteiger partial charge >= 0.3 is 5.97 Å². The fourth-order valence-electron chi connectivity index (χ4n) is 1.47. The molecule has 6 nitrogen and oxygen atoms in total. The zero-order valence-corrected chi connectivity index (χ0v) is 13.3. The van der Waals surface area contributed by atoms with E-state index in [9.17, 15) is 13.2 Å². The van der Waals surface area contributed by atoms with Crippen LogP contribution in [0.4, 0.5) is 0 Å². The van der Waals surface area contributed by atoms with Gasteiger partial charge in [-0.1, -0.05) is 29.8 Å². The van der Waals surface area contributed by atoms with Gasteiger partial charge < -0.3 is 4.74 Å². The molecule has 1 N–H and O–H groups in total. The van der Waals surface area contributed by atoms with E-state index in [1.165, 1.54) is 13.0 Å². The van der Waals surface area contributed by atoms with Crippen molar-refractivity contribution < 1.29 is 17.9 Å². The lowest BCUT2D eigenvalue weighted by atomic mass is 10.2. The van der Waals surface area contributed by atoms with Crippen molar-refractivity contribution >= 4 is 22.1 Å². The maximum atomic E-state index is 11.7. The zero-order valence-electron chi connectivity index (χ0n) is 12.4. The first-order valence-corrected chi connectivity index (χ1v) is 8.20. The normalized spacial score (nSPS) is 12.8. The second-order valence-electron chi connectivity index (χ2n) is 4.66. The van der Waals surface area contributed by atoms with Gasteiger partial charge in [-0.25, -0.2) is 13.1 Å². The number of esters is 1. The number of carbonyl (C=O) groups excluding carboxylic acids is 1. The second kappa shape index (κ2) is 8.32. The first-order chi connectivity index (χ1) is 10.3. The van der Waals surface area contributed by atoms with Crippen LogP contribution in [-0.4, -0.2) is 27.0 Å². The number of rotatable bonds is 7. The number of carbonyl (C=O) groups is 1. The SMILES string of the molecule is Cc1ccc(/C=C/S(=O)(=O)NCCC(=O)O[C@H](C)C#N)cc1. The van der Waals surface area contributed by atoms with Crippen LogP contribution in [0.25, 0.3) is 6.08 Å². The van der Waals surface area contributed by atoms with Gasteiger partial charge in [-0.3, -0.25) is 4.79 Å². The van der Waals surface area contributed by atoms with Gasteiger partial charge in [0.05, 0.1) is 6.42 Å². The molecular formula is C15H18N2O4S. The van der Waals surface area contributed by atoms with Crippen LogP contribution in [0.3, 0.4) is 0 Å². The summed E-state index contributed by atoms with van der Waals surface area (Å²) in [5.41, 5.74) is 1.85. The highest BCUT2D eigenvalue weighted by atomic mass is 32.2. The molecule has 0 saturated heterocycles. The summed E-state index contributed by atoms with van der Waals surface area (Å²) in [6.07, 6.45) is 0.493. The number of aryl methyl sites for hydroxylation is 1. The van der Waals surface area contributed by atoms with Gasteiger partial charge in [-0.2, -0.15) is 5.26 Å². The molecule has 0 aliphatic carbocycles. The molecule has 0 aliphatic heterocycles. The topological polar surface area (TPSA) is 96.3 Å². The third kappa shape index (κ3) is 7.02. The van der Waals surface area contributed by atoms with Crippen LogP contribution in [0.15, 0.2) is 29.7 Å². The van der Waals surface area contributed by atoms with E-state index in [1.54, 1.807) is 6.07 Å². The number of nitriles is 1. The average molecular weight is 322 g/mol. The number of benzene rings is 1. The summed E-state index contributed by atoms with van der Waals surface area (Å²) < 4.78 is 30.4. The lowest BCUT2D eigenvalue weighted by molar-refractivity contribution is -0.145. The fraction of sp³-hybridized carbons (Fsp3) is 0.333. The molecule has 7 heteroatoms. The van der Waals surface area contributed by atoms with Crippen molar-refractivity contribution in [3.63, 3.8) is 0 Å². The Kier molecular flexibility index (Phi) is 6.76. The molecule has 1 aromatic carbocycles. The van der Waals surface area contributed by atoms with Gasteiger partial charge in [0.2, 0.25) is 10.0 Å². The Morgan fingerprint density at radius 3 is 2.64 bits per heavy atom. The Morgan fingerprint density at radius 2 is 2.05 bits per heavy atom. The van der Waals surface area contributed by atoms with Crippen LogP contribution in [0.1, 0.15) is 24.5 Å². The number of ether oxygens (including phenoxy) is 1. The third-order valence-corrected chi connectivity index (χ3v) is 3.74. The summed E-state index contributed by atoms with van der Waals surface area (Å²) in [4.78, 5) is 11.3. The third-order valence-electron chi connectivity index (χ3n) is 2.64. The van der Waals surface area contributed by atoms with Crippen molar-refractivity contribution in [2.24, 2.45) is 0 Å². The molecule has 0 bridgehead atoms. The first-order valence-electron chi connectivity index (χ1n) is 6.66. The molecule has 0 heterocycles. The molecule has 0 radical (unpaired) electrons. The molecule has 1 aromatic rings. The zero-order chi connectivity index (χ0) is 16.6. The monoisotopic (exact) mass is 322 g/mol. The number of hydrogen-bond acceptors (Lipinski definition) is 5. The van der Waals surface area contributed by atoms with E-state index in [-0.39, 0.29) is 13.0 Å². The molecule has 118 valence electrons. The van der Waals surface area contributed by atoms with Crippen molar-refractivity contribution in [3.8, 4) is 6.07 Å². The molecule has 0 spiro atoms. The van der Waals surface area contributed by atoms with Crippen LogP contribution in [0, 0.1) is 18.3 Å². The standard InChI is InChI=1S/C15H18N2O4S/c1-12-3-5-14(6-4-12)8-10-22(19,20)17-9-7-15(18)21-13(2)11-16/h3-6,8,10,13,17H,7,9H2,1-2H3/b10-8+/t13-/m1/s1. The fourth-order valence-corrected chi connectivity index (χ4v) is 2.29. The van der Waals surface area contributed by atoms with Crippen molar-refractivity contribution in [1.29, 1.82) is 5.26 Å². The van der Waals surface area contributed by atoms with E-state index < -0.39 is 22.1 Å². The Bertz CT molecular complexity index is 672. The number of nitrogens with zero attached hydrogens (tertiary/aromatic N) is 1. The minimum atomic E-state index is -3.62. The van der Waals surface area contributed by atoms with E-state index in [0.717, 1.165) is 16.5 Å². The molecule has 0 aliphatic rings. The van der Waals surface area contributed by atoms with E-state index in [4.69, 9.17) is 10.00 Å². The Morgan fingerprint density at radius 1 is 1.41 bits per heavy atom. The van der Waals surface area contributed by atoms with Crippen LogP contribution in [0.5, 0.6) is 0 Å². The number of sulfonamides is 1. The summed E-state index contributed by atoms with van der Waals surface area (Å²) in [6.45, 7) is 3.29. The smallest absolute Gasteiger partial charge is 0.308 e. The van der Waals surface area contributed by atoms with Gasteiger partial charge in [0, 0.05) is 12.0 Å². The minimum Gasteiger partial charge on any atom is -0.447 e. The number of nitrogens with one attached hydrogen (secondary N) is 1. The van der Waals surface area contributed by atoms with Gasteiger partial charge in [0.15, 0.2) is 6.10 Å². The lowest BCUT2D eigenvalue weighted by Gasteiger charge is -2.06. The molecule has 0 fully saturated rings. The molecular weight excluding hydrogens is 304 g/mol. The molecule has 0 saturated carbocycles. The van der Waals surface area contributed by atoms with Gasteiger partial charge in [0.25, 0.3) is 0 Å². The summed E-state index contributed by atoms with van der Waals surface area (Å²) >= 11 is 0. The second-order valence-corrected chi connectivity index (χ2v) is 6.31. The highest BCUT2D eigenvalue weighted by Gasteiger charge is 2.10. The van der Waals surface area contributed by atoms with E-state index in [0.29, 0.717) is 0 Å². The summed E-state index contributed by atoms with van der Waals surface area (Å²) in [7, 11) is -3.62. The predicted molar refractivity (Wildman–Crippen MR) is 82.9 cm³/mol. The van der Waals surface area contributed by atoms with Crippen molar-refractivity contribution in [2.45, 2.75) is 26.4 Å². The van der Waals surface area contributed by atoms with E-state index >= 15 is 0 Å². The average Bonchev–Trinajstić information content (AvgIpc) is 2.46. The van der Waals surface area contributed by atoms with Gasteiger partial charge in [0.1, 0.15) is 6.07 Å². The summed E-state index contributed by atoms with van der Waals surface area (Å²) in [6, 6.07) is 9.13. The van der Waals surface area contributed by atoms with Crippen LogP contribution >= 0.6 is 0 Å². The largest absolute Gasteiger partial charge is 0.447 e. The molecule has 0 unspecified atom stereocenters. The van der Waals surface area contributed by atoms with Crippen LogP contribution < -0.4 is 4.72 Å². The minimum absolute atomic E-state index is 0.0858. The molecule has 1 atom stereocenters. The Hall–Kier alpha value is -2.17. The van der Waals surface area contributed by atoms with Gasteiger partial charge in [-0.05, 0) is 25.5 Å². The van der Waals surface area contributed by atoms with Crippen molar-refractivity contribution in [2.75, 3.05) is 6.54 Å². The Labute approximate surface area is 130 Å². The molecule has 0 amide bonds. The maximum Gasteiger partial charge on any atom is 0.308 e. The maximum absolute atomic E-state index is 11.7.